The van der Waals surface area contributed by atoms with Gasteiger partial charge in [-0.2, -0.15) is 12.6 Å². The fourth-order valence-corrected chi connectivity index (χ4v) is 3.85. The fourth-order valence-electron chi connectivity index (χ4n) is 3.54. The van der Waals surface area contributed by atoms with Gasteiger partial charge >= 0.3 is 0 Å². The lowest BCUT2D eigenvalue weighted by Crippen LogP contribution is -2.21. The van der Waals surface area contributed by atoms with Crippen LogP contribution in [0.4, 0.5) is 5.69 Å². The highest BCUT2D eigenvalue weighted by Crippen LogP contribution is 2.34. The van der Waals surface area contributed by atoms with Crippen molar-refractivity contribution in [1.82, 2.24) is 9.88 Å². The van der Waals surface area contributed by atoms with Gasteiger partial charge in [0.25, 0.3) is 0 Å². The van der Waals surface area contributed by atoms with E-state index in [0.29, 0.717) is 11.9 Å². The van der Waals surface area contributed by atoms with Crippen molar-refractivity contribution in [3.05, 3.63) is 72.1 Å². The number of fused-ring (bicyclic) bond motifs is 1. The van der Waals surface area contributed by atoms with Crippen molar-refractivity contribution in [3.8, 4) is 0 Å². The first-order valence-corrected chi connectivity index (χ1v) is 11.2. The molecule has 1 N–H and O–H groups in total. The molecule has 0 bridgehead atoms. The average Bonchev–Trinajstić information content (AvgIpc) is 3.20. The SMILES string of the molecule is CC.CCc1cccc(/C(=C/NC)N(CS)c2cccc3c2ccn3C(C)C)c1. The Morgan fingerprint density at radius 3 is 2.48 bits per heavy atom. The van der Waals surface area contributed by atoms with Crippen LogP contribution in [0, 0.1) is 0 Å². The van der Waals surface area contributed by atoms with Gasteiger partial charge in [0.15, 0.2) is 0 Å². The standard InChI is InChI=1S/C23H29N3S.C2H6/c1-5-18-8-6-9-19(14-18)23(15-24-4)26(16-27)22-11-7-10-21-20(22)12-13-25(21)17(2)3;1-2/h6-15,17,24,27H,5,16H2,1-4H3;1-2H3/b23-15-;. The maximum absolute atomic E-state index is 4.68. The van der Waals surface area contributed by atoms with Crippen LogP contribution >= 0.6 is 12.6 Å². The summed E-state index contributed by atoms with van der Waals surface area (Å²) >= 11 is 4.68. The van der Waals surface area contributed by atoms with E-state index in [9.17, 15) is 0 Å². The Kier molecular flexibility index (Phi) is 8.71. The van der Waals surface area contributed by atoms with Gasteiger partial charge in [0.1, 0.15) is 0 Å². The molecule has 0 aliphatic heterocycles. The minimum Gasteiger partial charge on any atom is -0.392 e. The van der Waals surface area contributed by atoms with E-state index in [4.69, 9.17) is 0 Å². The van der Waals surface area contributed by atoms with E-state index < -0.39 is 0 Å². The molecule has 3 aromatic rings. The zero-order chi connectivity index (χ0) is 21.4. The van der Waals surface area contributed by atoms with Crippen molar-refractivity contribution in [2.75, 3.05) is 17.8 Å². The highest BCUT2D eigenvalue weighted by molar-refractivity contribution is 7.80. The Hall–Kier alpha value is -2.33. The second-order valence-corrected chi connectivity index (χ2v) is 7.25. The summed E-state index contributed by atoms with van der Waals surface area (Å²) in [7, 11) is 1.94. The zero-order valence-corrected chi connectivity index (χ0v) is 19.5. The number of benzene rings is 2. The third-order valence-corrected chi connectivity index (χ3v) is 5.21. The molecule has 0 amide bonds. The van der Waals surface area contributed by atoms with Crippen LogP contribution in [0.25, 0.3) is 16.6 Å². The molecule has 0 aliphatic rings. The molecule has 0 saturated heterocycles. The van der Waals surface area contributed by atoms with Gasteiger partial charge in [0.2, 0.25) is 0 Å². The van der Waals surface area contributed by atoms with Crippen LogP contribution in [0.5, 0.6) is 0 Å². The number of nitrogens with zero attached hydrogens (tertiary/aromatic N) is 2. The van der Waals surface area contributed by atoms with Crippen LogP contribution in [-0.4, -0.2) is 17.5 Å². The second-order valence-electron chi connectivity index (χ2n) is 6.97. The first-order valence-electron chi connectivity index (χ1n) is 10.5. The number of anilines is 1. The third kappa shape index (κ3) is 4.99. The predicted octanol–water partition coefficient (Wildman–Crippen LogP) is 6.72. The van der Waals surface area contributed by atoms with Gasteiger partial charge in [-0.15, -0.1) is 0 Å². The number of aryl methyl sites for hydroxylation is 1. The minimum atomic E-state index is 0.427. The maximum Gasteiger partial charge on any atom is 0.0660 e. The maximum atomic E-state index is 4.68. The van der Waals surface area contributed by atoms with Crippen LogP contribution in [0.1, 0.15) is 51.8 Å². The van der Waals surface area contributed by atoms with Crippen molar-refractivity contribution in [2.24, 2.45) is 0 Å². The number of nitrogens with one attached hydrogen (secondary N) is 1. The van der Waals surface area contributed by atoms with E-state index in [1.165, 1.54) is 27.7 Å². The van der Waals surface area contributed by atoms with Crippen LogP contribution in [-0.2, 0) is 6.42 Å². The lowest BCUT2D eigenvalue weighted by atomic mass is 10.1. The normalized spacial score (nSPS) is 11.4. The summed E-state index contributed by atoms with van der Waals surface area (Å²) in [5, 5.41) is 4.46. The number of rotatable bonds is 7. The van der Waals surface area contributed by atoms with Gasteiger partial charge in [0, 0.05) is 30.9 Å². The van der Waals surface area contributed by atoms with Crippen molar-refractivity contribution in [3.63, 3.8) is 0 Å². The van der Waals surface area contributed by atoms with Crippen LogP contribution in [0.2, 0.25) is 0 Å². The molecular formula is C25H35N3S. The molecule has 3 nitrogen and oxygen atoms in total. The van der Waals surface area contributed by atoms with E-state index in [2.05, 4.69) is 109 Å². The number of hydrogen-bond donors (Lipinski definition) is 2. The van der Waals surface area contributed by atoms with E-state index in [-0.39, 0.29) is 0 Å². The molecule has 2 aromatic carbocycles. The van der Waals surface area contributed by atoms with Crippen molar-refractivity contribution in [1.29, 1.82) is 0 Å². The summed E-state index contributed by atoms with van der Waals surface area (Å²) in [4.78, 5) is 2.27. The monoisotopic (exact) mass is 409 g/mol. The minimum absolute atomic E-state index is 0.427. The van der Waals surface area contributed by atoms with Crippen LogP contribution < -0.4 is 10.2 Å². The Balaban J connectivity index is 0.00000145. The van der Waals surface area contributed by atoms with Crippen molar-refractivity contribution >= 4 is 34.9 Å². The van der Waals surface area contributed by atoms with Crippen molar-refractivity contribution < 1.29 is 0 Å². The molecule has 4 heteroatoms. The molecule has 29 heavy (non-hydrogen) atoms. The molecule has 0 aliphatic carbocycles. The largest absolute Gasteiger partial charge is 0.392 e. The molecule has 1 heterocycles. The topological polar surface area (TPSA) is 20.2 Å². The van der Waals surface area contributed by atoms with Crippen LogP contribution in [0.15, 0.2) is 60.9 Å². The average molecular weight is 410 g/mol. The molecule has 0 unspecified atom stereocenters. The van der Waals surface area contributed by atoms with Gasteiger partial charge in [-0.1, -0.05) is 45.0 Å². The predicted molar refractivity (Wildman–Crippen MR) is 133 cm³/mol. The highest BCUT2D eigenvalue weighted by atomic mass is 32.1. The first-order chi connectivity index (χ1) is 14.1. The number of aromatic nitrogens is 1. The molecule has 3 rings (SSSR count). The molecule has 0 fully saturated rings. The van der Waals surface area contributed by atoms with Crippen molar-refractivity contribution in [2.45, 2.75) is 47.1 Å². The summed E-state index contributed by atoms with van der Waals surface area (Å²) in [6.45, 7) is 10.6. The Labute approximate surface area is 181 Å². The molecule has 0 atom stereocenters. The summed E-state index contributed by atoms with van der Waals surface area (Å²) < 4.78 is 2.31. The lowest BCUT2D eigenvalue weighted by Gasteiger charge is -2.27. The van der Waals surface area contributed by atoms with E-state index in [1.807, 2.05) is 20.9 Å². The molecule has 0 radical (unpaired) electrons. The number of hydrogen-bond acceptors (Lipinski definition) is 3. The Morgan fingerprint density at radius 2 is 1.86 bits per heavy atom. The summed E-state index contributed by atoms with van der Waals surface area (Å²) in [5.41, 5.74) is 6.06. The summed E-state index contributed by atoms with van der Waals surface area (Å²) in [6.07, 6.45) is 5.26. The Morgan fingerprint density at radius 1 is 1.14 bits per heavy atom. The third-order valence-electron chi connectivity index (χ3n) is 4.93. The van der Waals surface area contributed by atoms with E-state index in [1.54, 1.807) is 0 Å². The van der Waals surface area contributed by atoms with E-state index in [0.717, 1.165) is 12.1 Å². The van der Waals surface area contributed by atoms with Gasteiger partial charge < -0.3 is 14.8 Å². The number of thiol groups is 1. The second kappa shape index (κ2) is 11.0. The fraction of sp³-hybridized carbons (Fsp3) is 0.360. The first kappa shape index (κ1) is 23.0. The molecule has 1 aromatic heterocycles. The van der Waals surface area contributed by atoms with Crippen LogP contribution in [0.3, 0.4) is 0 Å². The van der Waals surface area contributed by atoms with Gasteiger partial charge in [-0.3, -0.25) is 0 Å². The highest BCUT2D eigenvalue weighted by Gasteiger charge is 2.17. The van der Waals surface area contributed by atoms with E-state index >= 15 is 0 Å². The molecule has 156 valence electrons. The Bertz CT molecular complexity index is 940. The summed E-state index contributed by atoms with van der Waals surface area (Å²) in [6, 6.07) is 17.9. The molecule has 0 spiro atoms. The smallest absolute Gasteiger partial charge is 0.0660 e. The van der Waals surface area contributed by atoms with Gasteiger partial charge in [-0.25, -0.2) is 0 Å². The zero-order valence-electron chi connectivity index (χ0n) is 18.6. The lowest BCUT2D eigenvalue weighted by molar-refractivity contribution is 0.623. The van der Waals surface area contributed by atoms with Gasteiger partial charge in [0.05, 0.1) is 22.8 Å². The quantitative estimate of drug-likeness (QED) is 0.333. The van der Waals surface area contributed by atoms with Gasteiger partial charge in [-0.05, 0) is 55.7 Å². The summed E-state index contributed by atoms with van der Waals surface area (Å²) in [5.74, 6) is 0.593. The molecular weight excluding hydrogens is 374 g/mol. The molecule has 0 saturated carbocycles.